The number of nitrogens with one attached hydrogen (secondary N) is 1. The summed E-state index contributed by atoms with van der Waals surface area (Å²) in [7, 11) is 0. The zero-order chi connectivity index (χ0) is 9.44. The number of amidine groups is 1. The van der Waals surface area contributed by atoms with Crippen molar-refractivity contribution in [3.63, 3.8) is 0 Å². The van der Waals surface area contributed by atoms with E-state index in [0.29, 0.717) is 0 Å². The molecule has 0 aromatic rings. The van der Waals surface area contributed by atoms with Gasteiger partial charge in [0.25, 0.3) is 0 Å². The van der Waals surface area contributed by atoms with Gasteiger partial charge in [-0.3, -0.25) is 10.2 Å². The van der Waals surface area contributed by atoms with Gasteiger partial charge in [0.05, 0.1) is 5.57 Å². The molecule has 0 aromatic carbocycles. The highest BCUT2D eigenvalue weighted by atomic mass is 32.1. The third kappa shape index (κ3) is 5.66. The molecule has 0 saturated carbocycles. The number of carbonyl (C=O) groups excluding carboxylic acids is 1. The van der Waals surface area contributed by atoms with Crippen molar-refractivity contribution in [1.29, 1.82) is 5.41 Å². The second kappa shape index (κ2) is 7.34. The fourth-order valence-electron chi connectivity index (χ4n) is 0.350. The van der Waals surface area contributed by atoms with Crippen LogP contribution in [0.25, 0.3) is 0 Å². The molecule has 0 atom stereocenters. The summed E-state index contributed by atoms with van der Waals surface area (Å²) < 4.78 is 0. The number of thiol groups is 1. The van der Waals surface area contributed by atoms with Crippen molar-refractivity contribution in [3.05, 3.63) is 11.0 Å². The van der Waals surface area contributed by atoms with Crippen LogP contribution in [0.4, 0.5) is 0 Å². The van der Waals surface area contributed by atoms with Gasteiger partial charge in [-0.1, -0.05) is 13.8 Å². The SMILES string of the molecule is CC.CC(=O)/C(=C/S)C(=N)N. The topological polar surface area (TPSA) is 66.9 Å². The molecule has 0 aromatic heterocycles. The molecule has 0 saturated heterocycles. The first-order valence-corrected chi connectivity index (χ1v) is 3.81. The fourth-order valence-corrected chi connectivity index (χ4v) is 0.671. The lowest BCUT2D eigenvalue weighted by molar-refractivity contribution is -0.113. The number of hydrogen-bond donors (Lipinski definition) is 3. The Bertz CT molecular complexity index is 159. The smallest absolute Gasteiger partial charge is 0.163 e. The van der Waals surface area contributed by atoms with Gasteiger partial charge in [0.2, 0.25) is 0 Å². The zero-order valence-corrected chi connectivity index (χ0v) is 7.90. The normalized spacial score (nSPS) is 9.64. The molecule has 0 spiro atoms. The van der Waals surface area contributed by atoms with E-state index in [1.54, 1.807) is 0 Å². The van der Waals surface area contributed by atoms with E-state index in [9.17, 15) is 4.79 Å². The Morgan fingerprint density at radius 3 is 1.91 bits per heavy atom. The van der Waals surface area contributed by atoms with Gasteiger partial charge in [-0.2, -0.15) is 12.6 Å². The van der Waals surface area contributed by atoms with E-state index in [1.807, 2.05) is 13.8 Å². The predicted octanol–water partition coefficient (Wildman–Crippen LogP) is 1.35. The van der Waals surface area contributed by atoms with E-state index in [4.69, 9.17) is 11.1 Å². The summed E-state index contributed by atoms with van der Waals surface area (Å²) in [4.78, 5) is 10.5. The van der Waals surface area contributed by atoms with Gasteiger partial charge in [-0.15, -0.1) is 0 Å². The molecule has 11 heavy (non-hydrogen) atoms. The number of Topliss-reactive ketones (excluding diaryl/α,β-unsaturated/α-hetero) is 1. The Labute approximate surface area is 72.6 Å². The van der Waals surface area contributed by atoms with Crippen LogP contribution >= 0.6 is 12.6 Å². The summed E-state index contributed by atoms with van der Waals surface area (Å²) in [6, 6.07) is 0. The highest BCUT2D eigenvalue weighted by molar-refractivity contribution is 7.83. The van der Waals surface area contributed by atoms with Crippen molar-refractivity contribution in [3.8, 4) is 0 Å². The minimum Gasteiger partial charge on any atom is -0.384 e. The minimum atomic E-state index is -0.238. The maximum atomic E-state index is 10.5. The number of nitrogens with two attached hydrogens (primary N) is 1. The average molecular weight is 174 g/mol. The van der Waals surface area contributed by atoms with Crippen molar-refractivity contribution in [2.75, 3.05) is 0 Å². The number of ketones is 1. The first kappa shape index (κ1) is 12.9. The lowest BCUT2D eigenvalue weighted by Crippen LogP contribution is -2.17. The maximum Gasteiger partial charge on any atom is 0.163 e. The molecule has 3 nitrogen and oxygen atoms in total. The van der Waals surface area contributed by atoms with Gasteiger partial charge in [-0.05, 0) is 12.3 Å². The van der Waals surface area contributed by atoms with E-state index in [-0.39, 0.29) is 17.2 Å². The van der Waals surface area contributed by atoms with Crippen LogP contribution in [0, 0.1) is 5.41 Å². The monoisotopic (exact) mass is 174 g/mol. The van der Waals surface area contributed by atoms with Gasteiger partial charge in [0.1, 0.15) is 5.84 Å². The Kier molecular flexibility index (Phi) is 8.58. The molecule has 3 N–H and O–H groups in total. The Morgan fingerprint density at radius 2 is 1.91 bits per heavy atom. The first-order valence-electron chi connectivity index (χ1n) is 3.29. The van der Waals surface area contributed by atoms with Gasteiger partial charge in [0, 0.05) is 0 Å². The lowest BCUT2D eigenvalue weighted by atomic mass is 10.2. The quantitative estimate of drug-likeness (QED) is 0.256. The molecule has 0 aliphatic carbocycles. The first-order chi connectivity index (χ1) is 5.09. The van der Waals surface area contributed by atoms with Gasteiger partial charge < -0.3 is 5.73 Å². The van der Waals surface area contributed by atoms with Crippen LogP contribution in [0.3, 0.4) is 0 Å². The summed E-state index contributed by atoms with van der Waals surface area (Å²) >= 11 is 3.69. The minimum absolute atomic E-state index is 0.151. The third-order valence-corrected chi connectivity index (χ3v) is 1.06. The van der Waals surface area contributed by atoms with Gasteiger partial charge >= 0.3 is 0 Å². The average Bonchev–Trinajstić information content (AvgIpc) is 1.91. The van der Waals surface area contributed by atoms with Crippen LogP contribution in [0.5, 0.6) is 0 Å². The Hall–Kier alpha value is -0.770. The van der Waals surface area contributed by atoms with Crippen molar-refractivity contribution in [2.24, 2.45) is 5.73 Å². The molecule has 0 unspecified atom stereocenters. The molecular weight excluding hydrogens is 160 g/mol. The summed E-state index contributed by atoms with van der Waals surface area (Å²) in [5.74, 6) is -0.477. The van der Waals surface area contributed by atoms with E-state index >= 15 is 0 Å². The summed E-state index contributed by atoms with van der Waals surface area (Å²) in [6.07, 6.45) is 0. The van der Waals surface area contributed by atoms with Crippen molar-refractivity contribution in [1.82, 2.24) is 0 Å². The zero-order valence-electron chi connectivity index (χ0n) is 7.01. The molecule has 0 bridgehead atoms. The number of rotatable bonds is 2. The second-order valence-electron chi connectivity index (χ2n) is 1.51. The molecule has 4 heteroatoms. The highest BCUT2D eigenvalue weighted by Crippen LogP contribution is 1.96. The summed E-state index contributed by atoms with van der Waals surface area (Å²) in [5, 5.41) is 8.05. The molecule has 64 valence electrons. The van der Waals surface area contributed by atoms with Crippen LogP contribution in [0.2, 0.25) is 0 Å². The number of hydrogen-bond acceptors (Lipinski definition) is 3. The predicted molar refractivity (Wildman–Crippen MR) is 51.0 cm³/mol. The van der Waals surface area contributed by atoms with Gasteiger partial charge in [0.15, 0.2) is 5.78 Å². The molecule has 0 fully saturated rings. The molecule has 0 amide bonds. The molecular formula is C7H14N2OS. The van der Waals surface area contributed by atoms with E-state index in [2.05, 4.69) is 12.6 Å². The van der Waals surface area contributed by atoms with Crippen molar-refractivity contribution in [2.45, 2.75) is 20.8 Å². The van der Waals surface area contributed by atoms with Crippen LogP contribution in [-0.2, 0) is 4.79 Å². The Balaban J connectivity index is 0. The molecule has 0 aliphatic rings. The van der Waals surface area contributed by atoms with Crippen molar-refractivity contribution < 1.29 is 4.79 Å². The third-order valence-electron chi connectivity index (χ3n) is 0.799. The van der Waals surface area contributed by atoms with E-state index in [0.717, 1.165) is 0 Å². The van der Waals surface area contributed by atoms with Crippen molar-refractivity contribution >= 4 is 24.2 Å². The highest BCUT2D eigenvalue weighted by Gasteiger charge is 2.03. The largest absolute Gasteiger partial charge is 0.384 e. The summed E-state index contributed by atoms with van der Waals surface area (Å²) in [6.45, 7) is 5.34. The molecule has 0 rings (SSSR count). The second-order valence-corrected chi connectivity index (χ2v) is 1.77. The standard InChI is InChI=1S/C5H8N2OS.C2H6/c1-3(8)4(2-9)5(6)7;1-2/h2,9H,1H3,(H3,6,7);1-2H3/b4-2-;. The molecule has 0 heterocycles. The van der Waals surface area contributed by atoms with E-state index < -0.39 is 0 Å². The van der Waals surface area contributed by atoms with Crippen LogP contribution < -0.4 is 5.73 Å². The van der Waals surface area contributed by atoms with E-state index in [1.165, 1.54) is 12.3 Å². The Morgan fingerprint density at radius 1 is 1.55 bits per heavy atom. The van der Waals surface area contributed by atoms with Crippen LogP contribution in [-0.4, -0.2) is 11.6 Å². The van der Waals surface area contributed by atoms with Crippen LogP contribution in [0.15, 0.2) is 11.0 Å². The molecule has 0 radical (unpaired) electrons. The molecule has 0 aliphatic heterocycles. The fraction of sp³-hybridized carbons (Fsp3) is 0.429. The van der Waals surface area contributed by atoms with Gasteiger partial charge in [-0.25, -0.2) is 0 Å². The lowest BCUT2D eigenvalue weighted by Gasteiger charge is -1.95. The number of carbonyl (C=O) groups is 1. The summed E-state index contributed by atoms with van der Waals surface area (Å²) in [5.41, 5.74) is 5.14. The maximum absolute atomic E-state index is 10.5. The van der Waals surface area contributed by atoms with Crippen LogP contribution in [0.1, 0.15) is 20.8 Å².